The van der Waals surface area contributed by atoms with Crippen LogP contribution in [0.1, 0.15) is 28.3 Å². The van der Waals surface area contributed by atoms with Crippen LogP contribution in [0.25, 0.3) is 6.08 Å². The third-order valence-corrected chi connectivity index (χ3v) is 6.61. The Hall–Kier alpha value is -5.17. The molecule has 0 spiro atoms. The van der Waals surface area contributed by atoms with Crippen LogP contribution in [0.5, 0.6) is 11.5 Å². The van der Waals surface area contributed by atoms with Gasteiger partial charge in [0.15, 0.2) is 23.0 Å². The van der Waals surface area contributed by atoms with Crippen LogP contribution in [0, 0.1) is 0 Å². The van der Waals surface area contributed by atoms with E-state index in [-0.39, 0.29) is 12.1 Å². The molecule has 1 N–H and O–H groups in total. The Morgan fingerprint density at radius 3 is 2.38 bits per heavy atom. The number of pyridine rings is 1. The van der Waals surface area contributed by atoms with Crippen molar-refractivity contribution >= 4 is 17.8 Å². The van der Waals surface area contributed by atoms with Crippen LogP contribution in [-0.4, -0.2) is 33.8 Å². The molecule has 1 aliphatic heterocycles. The fraction of sp³-hybridized carbons (Fsp3) is 0.121. The van der Waals surface area contributed by atoms with Crippen molar-refractivity contribution in [2.24, 2.45) is 0 Å². The van der Waals surface area contributed by atoms with E-state index >= 15 is 0 Å². The lowest BCUT2D eigenvalue weighted by molar-refractivity contribution is -0.130. The van der Waals surface area contributed by atoms with Crippen molar-refractivity contribution < 1.29 is 24.2 Å². The molecule has 1 aliphatic rings. The van der Waals surface area contributed by atoms with Gasteiger partial charge in [0.2, 0.25) is 0 Å². The number of nitrogens with zero attached hydrogens (tertiary/aromatic N) is 2. The van der Waals surface area contributed by atoms with E-state index in [0.717, 1.165) is 16.7 Å². The number of hydrogen-bond donors (Lipinski definition) is 1. The van der Waals surface area contributed by atoms with Crippen LogP contribution in [0.15, 0.2) is 121 Å². The van der Waals surface area contributed by atoms with Gasteiger partial charge in [-0.15, -0.1) is 0 Å². The molecule has 0 aliphatic carbocycles. The predicted molar refractivity (Wildman–Crippen MR) is 151 cm³/mol. The summed E-state index contributed by atoms with van der Waals surface area (Å²) in [6.07, 6.45) is 6.33. The minimum Gasteiger partial charge on any atom is -0.503 e. The van der Waals surface area contributed by atoms with Gasteiger partial charge in [0.05, 0.1) is 18.7 Å². The zero-order chi connectivity index (χ0) is 27.9. The predicted octanol–water partition coefficient (Wildman–Crippen LogP) is 5.85. The first-order chi connectivity index (χ1) is 19.5. The van der Waals surface area contributed by atoms with Gasteiger partial charge in [0.1, 0.15) is 6.61 Å². The average Bonchev–Trinajstić information content (AvgIpc) is 3.25. The summed E-state index contributed by atoms with van der Waals surface area (Å²) in [5, 5.41) is 11.0. The minimum atomic E-state index is -0.849. The molecule has 0 saturated carbocycles. The van der Waals surface area contributed by atoms with E-state index in [1.807, 2.05) is 66.7 Å². The minimum absolute atomic E-state index is 0.000999. The van der Waals surface area contributed by atoms with Crippen LogP contribution in [0.4, 0.5) is 0 Å². The molecule has 0 radical (unpaired) electrons. The number of amides is 1. The lowest BCUT2D eigenvalue weighted by Crippen LogP contribution is -2.30. The lowest BCUT2D eigenvalue weighted by atomic mass is 9.95. The van der Waals surface area contributed by atoms with Gasteiger partial charge >= 0.3 is 0 Å². The van der Waals surface area contributed by atoms with Crippen molar-refractivity contribution in [2.75, 3.05) is 7.11 Å². The third kappa shape index (κ3) is 5.78. The number of rotatable bonds is 10. The van der Waals surface area contributed by atoms with Gasteiger partial charge in [-0.2, -0.15) is 0 Å². The number of aliphatic hydroxyl groups is 1. The van der Waals surface area contributed by atoms with Crippen molar-refractivity contribution in [3.05, 3.63) is 143 Å². The number of carbonyl (C=O) groups excluding carboxylic acids is 2. The van der Waals surface area contributed by atoms with E-state index in [4.69, 9.17) is 9.47 Å². The highest BCUT2D eigenvalue weighted by atomic mass is 16.5. The molecule has 200 valence electrons. The number of ketones is 1. The van der Waals surface area contributed by atoms with E-state index in [1.54, 1.807) is 42.7 Å². The van der Waals surface area contributed by atoms with E-state index in [2.05, 4.69) is 4.98 Å². The topological polar surface area (TPSA) is 89.0 Å². The standard InChI is InChI=1S/C33H28N2O5/c1-39-29-19-26(15-17-28(29)40-22-24-11-6-3-7-12-24)31-30(27(36)16-14-23-9-4-2-5-10-23)32(37)33(38)35(31)21-25-13-8-18-34-20-25/h2-20,31,37H,21-22H2,1H3/b16-14+. The number of methoxy groups -OCH3 is 1. The van der Waals surface area contributed by atoms with Crippen LogP contribution >= 0.6 is 0 Å². The van der Waals surface area contributed by atoms with E-state index in [9.17, 15) is 14.7 Å². The van der Waals surface area contributed by atoms with E-state index in [1.165, 1.54) is 18.1 Å². The molecule has 0 bridgehead atoms. The average molecular weight is 533 g/mol. The Bertz CT molecular complexity index is 1550. The van der Waals surface area contributed by atoms with Gasteiger partial charge in [0, 0.05) is 18.9 Å². The van der Waals surface area contributed by atoms with Crippen molar-refractivity contribution in [3.63, 3.8) is 0 Å². The first-order valence-electron chi connectivity index (χ1n) is 12.8. The number of benzene rings is 3. The number of allylic oxidation sites excluding steroid dienone is 1. The zero-order valence-corrected chi connectivity index (χ0v) is 21.9. The fourth-order valence-corrected chi connectivity index (χ4v) is 4.64. The number of aromatic nitrogens is 1. The lowest BCUT2D eigenvalue weighted by Gasteiger charge is -2.27. The first-order valence-corrected chi connectivity index (χ1v) is 12.8. The highest BCUT2D eigenvalue weighted by Crippen LogP contribution is 2.42. The Labute approximate surface area is 232 Å². The van der Waals surface area contributed by atoms with Crippen LogP contribution in [0.2, 0.25) is 0 Å². The van der Waals surface area contributed by atoms with Crippen molar-refractivity contribution in [3.8, 4) is 11.5 Å². The molecule has 3 aromatic carbocycles. The van der Waals surface area contributed by atoms with Gasteiger partial charge in [-0.3, -0.25) is 14.6 Å². The Morgan fingerprint density at radius 2 is 1.68 bits per heavy atom. The second kappa shape index (κ2) is 12.1. The molecule has 0 fully saturated rings. The maximum Gasteiger partial charge on any atom is 0.290 e. The summed E-state index contributed by atoms with van der Waals surface area (Å²) < 4.78 is 11.6. The van der Waals surface area contributed by atoms with E-state index in [0.29, 0.717) is 23.7 Å². The fourth-order valence-electron chi connectivity index (χ4n) is 4.64. The van der Waals surface area contributed by atoms with Crippen LogP contribution in [0.3, 0.4) is 0 Å². The summed E-state index contributed by atoms with van der Waals surface area (Å²) in [5.74, 6) is -0.700. The molecule has 1 unspecified atom stereocenters. The van der Waals surface area contributed by atoms with Gasteiger partial charge < -0.3 is 19.5 Å². The highest BCUT2D eigenvalue weighted by molar-refractivity contribution is 6.14. The monoisotopic (exact) mass is 532 g/mol. The summed E-state index contributed by atoms with van der Waals surface area (Å²) in [6, 6.07) is 27.1. The maximum absolute atomic E-state index is 13.5. The van der Waals surface area contributed by atoms with Gasteiger partial charge in [0.25, 0.3) is 5.91 Å². The molecule has 7 heteroatoms. The van der Waals surface area contributed by atoms with Crippen molar-refractivity contribution in [1.82, 2.24) is 9.88 Å². The van der Waals surface area contributed by atoms with Crippen LogP contribution in [-0.2, 0) is 22.7 Å². The molecule has 1 amide bonds. The normalized spacial score (nSPS) is 15.1. The van der Waals surface area contributed by atoms with Gasteiger partial charge in [-0.05, 0) is 46.5 Å². The van der Waals surface area contributed by atoms with Gasteiger partial charge in [-0.25, -0.2) is 0 Å². The second-order valence-corrected chi connectivity index (χ2v) is 9.25. The summed E-state index contributed by atoms with van der Waals surface area (Å²) in [7, 11) is 1.53. The quantitative estimate of drug-likeness (QED) is 0.258. The smallest absolute Gasteiger partial charge is 0.290 e. The summed E-state index contributed by atoms with van der Waals surface area (Å²) in [6.45, 7) is 0.495. The molecular weight excluding hydrogens is 504 g/mol. The first kappa shape index (κ1) is 26.4. The molecule has 0 saturated heterocycles. The number of aliphatic hydroxyl groups excluding tert-OH is 1. The Balaban J connectivity index is 1.50. The summed E-state index contributed by atoms with van der Waals surface area (Å²) in [5.41, 5.74) is 3.19. The van der Waals surface area contributed by atoms with Crippen LogP contribution < -0.4 is 9.47 Å². The summed E-state index contributed by atoms with van der Waals surface area (Å²) >= 11 is 0. The number of hydrogen-bond acceptors (Lipinski definition) is 6. The molecule has 1 aromatic heterocycles. The zero-order valence-electron chi connectivity index (χ0n) is 21.9. The Kier molecular flexibility index (Phi) is 8.02. The maximum atomic E-state index is 13.5. The SMILES string of the molecule is COc1cc(C2C(C(=O)/C=C/c3ccccc3)=C(O)C(=O)N2Cc2cccnc2)ccc1OCc1ccccc1. The molecular formula is C33H28N2O5. The van der Waals surface area contributed by atoms with Crippen molar-refractivity contribution in [2.45, 2.75) is 19.2 Å². The van der Waals surface area contributed by atoms with Crippen molar-refractivity contribution in [1.29, 1.82) is 0 Å². The molecule has 5 rings (SSSR count). The summed E-state index contributed by atoms with van der Waals surface area (Å²) in [4.78, 5) is 32.4. The molecule has 1 atom stereocenters. The molecule has 4 aromatic rings. The molecule has 40 heavy (non-hydrogen) atoms. The molecule has 2 heterocycles. The number of ether oxygens (including phenoxy) is 2. The van der Waals surface area contributed by atoms with Gasteiger partial charge in [-0.1, -0.05) is 78.9 Å². The Morgan fingerprint density at radius 1 is 0.950 bits per heavy atom. The third-order valence-electron chi connectivity index (χ3n) is 6.61. The highest BCUT2D eigenvalue weighted by Gasteiger charge is 2.43. The van der Waals surface area contributed by atoms with E-state index < -0.39 is 23.5 Å². The number of carbonyl (C=O) groups is 2. The largest absolute Gasteiger partial charge is 0.503 e. The second-order valence-electron chi connectivity index (χ2n) is 9.25. The molecule has 7 nitrogen and oxygen atoms in total.